The number of hydrogen-bond acceptors (Lipinski definition) is 9. The smallest absolute Gasteiger partial charge is 0.408 e. The molecule has 46 heavy (non-hydrogen) atoms. The van der Waals surface area contributed by atoms with E-state index >= 15 is 0 Å². The minimum Gasteiger partial charge on any atom is -0.497 e. The lowest BCUT2D eigenvalue weighted by atomic mass is 10.1. The van der Waals surface area contributed by atoms with Crippen LogP contribution in [0.5, 0.6) is 11.6 Å². The molecule has 3 heterocycles. The SMILES string of the molecule is COc1ccc2c(O[C@@H]3C[C@H]4C(=O)N[C@]5(C(=O)O)C[C@H]5CCCCCO[C@H](C)[C@H](NC(=O)OC(C)(C)C)C(=O)N4C3)nccc2c1. The molecule has 250 valence electrons. The van der Waals surface area contributed by atoms with E-state index in [4.69, 9.17) is 18.9 Å². The second-order valence-electron chi connectivity index (χ2n) is 13.4. The van der Waals surface area contributed by atoms with Crippen LogP contribution >= 0.6 is 0 Å². The number of carboxylic acid groups (broad SMARTS) is 1. The third-order valence-corrected chi connectivity index (χ3v) is 8.88. The molecule has 3 fully saturated rings. The van der Waals surface area contributed by atoms with Gasteiger partial charge in [-0.15, -0.1) is 0 Å². The number of nitrogens with one attached hydrogen (secondary N) is 2. The van der Waals surface area contributed by atoms with E-state index in [1.165, 1.54) is 4.90 Å². The largest absolute Gasteiger partial charge is 0.497 e. The van der Waals surface area contributed by atoms with Crippen LogP contribution < -0.4 is 20.1 Å². The molecule has 2 saturated heterocycles. The number of methoxy groups -OCH3 is 1. The summed E-state index contributed by atoms with van der Waals surface area (Å²) in [5.74, 6) is -1.44. The van der Waals surface area contributed by atoms with Crippen LogP contribution in [0.1, 0.15) is 66.2 Å². The molecule has 1 aromatic heterocycles. The van der Waals surface area contributed by atoms with Crippen LogP contribution in [0.25, 0.3) is 10.8 Å². The first-order valence-corrected chi connectivity index (χ1v) is 15.9. The fourth-order valence-electron chi connectivity index (χ4n) is 6.36. The number of amides is 3. The Labute approximate surface area is 268 Å². The molecule has 2 aliphatic heterocycles. The third-order valence-electron chi connectivity index (χ3n) is 8.88. The molecule has 3 aliphatic rings. The highest BCUT2D eigenvalue weighted by Gasteiger charge is 2.62. The number of rotatable bonds is 5. The molecular formula is C33H44N4O9. The van der Waals surface area contributed by atoms with Crippen molar-refractivity contribution < 1.29 is 43.2 Å². The first-order chi connectivity index (χ1) is 21.8. The van der Waals surface area contributed by atoms with E-state index in [0.29, 0.717) is 37.5 Å². The molecule has 13 heteroatoms. The molecule has 6 atom stereocenters. The number of fused-ring (bicyclic) bond motifs is 3. The zero-order valence-electron chi connectivity index (χ0n) is 27.0. The van der Waals surface area contributed by atoms with Crippen molar-refractivity contribution in [3.63, 3.8) is 0 Å². The Morgan fingerprint density at radius 2 is 1.96 bits per heavy atom. The van der Waals surface area contributed by atoms with E-state index in [1.807, 2.05) is 18.2 Å². The average Bonchev–Trinajstić information content (AvgIpc) is 3.53. The van der Waals surface area contributed by atoms with E-state index < -0.39 is 59.3 Å². The number of benzene rings is 1. The van der Waals surface area contributed by atoms with Crippen LogP contribution in [0, 0.1) is 5.92 Å². The van der Waals surface area contributed by atoms with Crippen molar-refractivity contribution in [2.75, 3.05) is 20.3 Å². The summed E-state index contributed by atoms with van der Waals surface area (Å²) in [6.07, 6.45) is 2.74. The zero-order chi connectivity index (χ0) is 33.2. The number of pyridine rings is 1. The normalized spacial score (nSPS) is 29.0. The predicted molar refractivity (Wildman–Crippen MR) is 166 cm³/mol. The Kier molecular flexibility index (Phi) is 9.62. The second-order valence-corrected chi connectivity index (χ2v) is 13.4. The fraction of sp³-hybridized carbons (Fsp3) is 0.606. The first kappa shape index (κ1) is 33.2. The maximum Gasteiger partial charge on any atom is 0.408 e. The topological polar surface area (TPSA) is 166 Å². The van der Waals surface area contributed by atoms with Crippen LogP contribution in [0.15, 0.2) is 30.5 Å². The van der Waals surface area contributed by atoms with Gasteiger partial charge in [0.1, 0.15) is 35.1 Å². The van der Waals surface area contributed by atoms with Gasteiger partial charge in [-0.05, 0) is 82.5 Å². The molecule has 0 spiro atoms. The van der Waals surface area contributed by atoms with Crippen molar-refractivity contribution in [1.29, 1.82) is 0 Å². The van der Waals surface area contributed by atoms with E-state index in [-0.39, 0.29) is 18.9 Å². The summed E-state index contributed by atoms with van der Waals surface area (Å²) in [7, 11) is 1.58. The number of nitrogens with zero attached hydrogens (tertiary/aromatic N) is 2. The number of alkyl carbamates (subject to hydrolysis) is 1. The molecular weight excluding hydrogens is 596 g/mol. The van der Waals surface area contributed by atoms with Gasteiger partial charge in [0, 0.05) is 24.6 Å². The summed E-state index contributed by atoms with van der Waals surface area (Å²) in [4.78, 5) is 59.3. The number of carboxylic acids is 1. The quantitative estimate of drug-likeness (QED) is 0.441. The lowest BCUT2D eigenvalue weighted by Crippen LogP contribution is -2.59. The Balaban J connectivity index is 1.46. The second kappa shape index (κ2) is 13.3. The summed E-state index contributed by atoms with van der Waals surface area (Å²) < 4.78 is 23.1. The van der Waals surface area contributed by atoms with Crippen molar-refractivity contribution >= 4 is 34.6 Å². The Morgan fingerprint density at radius 1 is 1.17 bits per heavy atom. The molecule has 5 rings (SSSR count). The lowest BCUT2D eigenvalue weighted by Gasteiger charge is -2.32. The Morgan fingerprint density at radius 3 is 2.67 bits per heavy atom. The van der Waals surface area contributed by atoms with Crippen molar-refractivity contribution in [2.45, 2.75) is 102 Å². The van der Waals surface area contributed by atoms with Gasteiger partial charge in [-0.1, -0.05) is 12.8 Å². The van der Waals surface area contributed by atoms with Crippen molar-refractivity contribution in [1.82, 2.24) is 20.5 Å². The Hall–Kier alpha value is -4.13. The number of carbonyl (C=O) groups excluding carboxylic acids is 3. The van der Waals surface area contributed by atoms with Crippen LogP contribution in [0.4, 0.5) is 4.79 Å². The summed E-state index contributed by atoms with van der Waals surface area (Å²) in [6, 6.07) is 5.05. The highest BCUT2D eigenvalue weighted by molar-refractivity contribution is 5.96. The van der Waals surface area contributed by atoms with E-state index in [1.54, 1.807) is 47.1 Å². The summed E-state index contributed by atoms with van der Waals surface area (Å²) in [5, 5.41) is 17.2. The summed E-state index contributed by atoms with van der Waals surface area (Å²) in [5.41, 5.74) is -2.19. The molecule has 0 unspecified atom stereocenters. The minimum absolute atomic E-state index is 0.00609. The molecule has 3 amide bonds. The number of ether oxygens (including phenoxy) is 4. The van der Waals surface area contributed by atoms with Gasteiger partial charge >= 0.3 is 12.1 Å². The maximum atomic E-state index is 14.3. The molecule has 1 saturated carbocycles. The maximum absolute atomic E-state index is 14.3. The average molecular weight is 641 g/mol. The van der Waals surface area contributed by atoms with Crippen LogP contribution in [0.2, 0.25) is 0 Å². The fourth-order valence-corrected chi connectivity index (χ4v) is 6.36. The molecule has 2 aromatic rings. The minimum atomic E-state index is -1.38. The van der Waals surface area contributed by atoms with E-state index in [9.17, 15) is 24.3 Å². The van der Waals surface area contributed by atoms with Gasteiger partial charge in [-0.2, -0.15) is 0 Å². The van der Waals surface area contributed by atoms with Gasteiger partial charge in [-0.25, -0.2) is 14.6 Å². The summed E-state index contributed by atoms with van der Waals surface area (Å²) >= 11 is 0. The Bertz CT molecular complexity index is 1480. The van der Waals surface area contributed by atoms with Crippen LogP contribution in [0.3, 0.4) is 0 Å². The van der Waals surface area contributed by atoms with Crippen LogP contribution in [-0.4, -0.2) is 94.6 Å². The highest BCUT2D eigenvalue weighted by atomic mass is 16.6. The molecule has 0 bridgehead atoms. The van der Waals surface area contributed by atoms with Gasteiger partial charge in [-0.3, -0.25) is 9.59 Å². The standard InChI is InChI=1S/C33H44N4O9/c1-19-26(35-31(42)46-32(2,3)4)29(39)37-18-23(45-28-24-11-10-22(43-5)15-20(24)12-13-34-28)16-25(37)27(38)36-33(30(40)41)17-21(33)9-7-6-8-14-44-19/h10-13,15,19,21,23,25-26H,6-9,14,16-18H2,1-5H3,(H,35,42)(H,36,38)(H,40,41)/t19-,21-,23-,25+,26+,33-/m1/s1. The predicted octanol–water partition coefficient (Wildman–Crippen LogP) is 3.42. The lowest BCUT2D eigenvalue weighted by molar-refractivity contribution is -0.146. The van der Waals surface area contributed by atoms with Crippen molar-refractivity contribution in [3.8, 4) is 11.6 Å². The molecule has 1 aromatic carbocycles. The van der Waals surface area contributed by atoms with Gasteiger partial charge in [0.05, 0.1) is 19.8 Å². The van der Waals surface area contributed by atoms with Gasteiger partial charge in [0.2, 0.25) is 17.7 Å². The number of aromatic nitrogens is 1. The van der Waals surface area contributed by atoms with E-state index in [2.05, 4.69) is 15.6 Å². The van der Waals surface area contributed by atoms with E-state index in [0.717, 1.165) is 23.6 Å². The number of hydrogen-bond donors (Lipinski definition) is 3. The molecule has 0 radical (unpaired) electrons. The number of aliphatic carboxylic acids is 1. The van der Waals surface area contributed by atoms with Gasteiger partial charge in [0.25, 0.3) is 0 Å². The first-order valence-electron chi connectivity index (χ1n) is 15.9. The summed E-state index contributed by atoms with van der Waals surface area (Å²) in [6.45, 7) is 7.19. The third kappa shape index (κ3) is 7.30. The van der Waals surface area contributed by atoms with Crippen molar-refractivity contribution in [3.05, 3.63) is 30.5 Å². The van der Waals surface area contributed by atoms with Crippen LogP contribution in [-0.2, 0) is 23.9 Å². The zero-order valence-corrected chi connectivity index (χ0v) is 27.0. The monoisotopic (exact) mass is 640 g/mol. The molecule has 3 N–H and O–H groups in total. The molecule has 13 nitrogen and oxygen atoms in total. The molecule has 1 aliphatic carbocycles. The van der Waals surface area contributed by atoms with Gasteiger partial charge in [0.15, 0.2) is 0 Å². The number of carbonyl (C=O) groups is 4. The highest BCUT2D eigenvalue weighted by Crippen LogP contribution is 2.47. The van der Waals surface area contributed by atoms with Gasteiger partial charge < -0.3 is 39.6 Å². The van der Waals surface area contributed by atoms with Crippen molar-refractivity contribution in [2.24, 2.45) is 5.92 Å².